The van der Waals surface area contributed by atoms with Gasteiger partial charge >= 0.3 is 6.09 Å². The lowest BCUT2D eigenvalue weighted by atomic mass is 10.2. The Labute approximate surface area is 182 Å². The quantitative estimate of drug-likeness (QED) is 0.696. The van der Waals surface area contributed by atoms with Crippen molar-refractivity contribution >= 4 is 12.0 Å². The normalized spacial score (nSPS) is 14.1. The zero-order valence-electron chi connectivity index (χ0n) is 18.0. The molecule has 166 valence electrons. The molecule has 0 spiro atoms. The number of likely N-dealkylation sites (N-methyl/N-ethyl adjacent to an activating group) is 1. The number of carbonyl (C=O) groups is 2. The van der Waals surface area contributed by atoms with E-state index in [2.05, 4.69) is 10.2 Å². The Morgan fingerprint density at radius 1 is 0.968 bits per heavy atom. The highest BCUT2D eigenvalue weighted by Crippen LogP contribution is 2.28. The number of nitrogens with one attached hydrogen (secondary N) is 1. The summed E-state index contributed by atoms with van der Waals surface area (Å²) in [5.41, 5.74) is 1.72. The summed E-state index contributed by atoms with van der Waals surface area (Å²) in [6.07, 6.45) is -0.507. The van der Waals surface area contributed by atoms with Crippen molar-refractivity contribution in [3.8, 4) is 11.5 Å². The van der Waals surface area contributed by atoms with Crippen LogP contribution in [0.15, 0.2) is 48.5 Å². The van der Waals surface area contributed by atoms with Crippen LogP contribution in [0.2, 0.25) is 0 Å². The third-order valence-corrected chi connectivity index (χ3v) is 5.08. The topological polar surface area (TPSA) is 80.3 Å². The molecule has 0 radical (unpaired) electrons. The molecule has 1 saturated heterocycles. The Kier molecular flexibility index (Phi) is 8.12. The predicted molar refractivity (Wildman–Crippen MR) is 116 cm³/mol. The maximum absolute atomic E-state index is 12.4. The van der Waals surface area contributed by atoms with Gasteiger partial charge in [0.25, 0.3) is 5.91 Å². The highest BCUT2D eigenvalue weighted by Gasteiger charge is 2.20. The van der Waals surface area contributed by atoms with Crippen LogP contribution in [0.3, 0.4) is 0 Å². The van der Waals surface area contributed by atoms with Crippen LogP contribution in [0.5, 0.6) is 11.5 Å². The SMILES string of the molecule is COc1ccc(CNC(=O)OCc2ccccc2)cc1OCC(=O)N1CCN(C)CC1. The number of alkyl carbamates (subject to hydrolysis) is 1. The maximum atomic E-state index is 12.4. The van der Waals surface area contributed by atoms with Crippen LogP contribution in [0.25, 0.3) is 0 Å². The van der Waals surface area contributed by atoms with E-state index >= 15 is 0 Å². The number of rotatable bonds is 8. The molecule has 2 amide bonds. The van der Waals surface area contributed by atoms with Gasteiger partial charge in [-0.15, -0.1) is 0 Å². The number of nitrogens with zero attached hydrogens (tertiary/aromatic N) is 2. The van der Waals surface area contributed by atoms with E-state index in [4.69, 9.17) is 14.2 Å². The summed E-state index contributed by atoms with van der Waals surface area (Å²) in [5.74, 6) is 0.937. The Morgan fingerprint density at radius 2 is 1.71 bits per heavy atom. The van der Waals surface area contributed by atoms with Gasteiger partial charge in [-0.2, -0.15) is 0 Å². The summed E-state index contributed by atoms with van der Waals surface area (Å²) in [7, 11) is 3.59. The first-order valence-electron chi connectivity index (χ1n) is 10.3. The number of carbonyl (C=O) groups excluding carboxylic acids is 2. The smallest absolute Gasteiger partial charge is 0.407 e. The first-order chi connectivity index (χ1) is 15.0. The van der Waals surface area contributed by atoms with Gasteiger partial charge in [0, 0.05) is 32.7 Å². The second kappa shape index (κ2) is 11.2. The van der Waals surface area contributed by atoms with Crippen molar-refractivity contribution in [2.75, 3.05) is 46.9 Å². The molecule has 3 rings (SSSR count). The molecular formula is C23H29N3O5. The van der Waals surface area contributed by atoms with Gasteiger partial charge in [0.05, 0.1) is 7.11 Å². The average Bonchev–Trinajstić information content (AvgIpc) is 2.81. The first-order valence-corrected chi connectivity index (χ1v) is 10.3. The fourth-order valence-corrected chi connectivity index (χ4v) is 3.18. The third kappa shape index (κ3) is 6.89. The molecule has 0 unspecified atom stereocenters. The van der Waals surface area contributed by atoms with Crippen LogP contribution in [0, 0.1) is 0 Å². The summed E-state index contributed by atoms with van der Waals surface area (Å²) < 4.78 is 16.3. The highest BCUT2D eigenvalue weighted by molar-refractivity contribution is 5.78. The van der Waals surface area contributed by atoms with E-state index in [9.17, 15) is 9.59 Å². The molecule has 0 saturated carbocycles. The number of ether oxygens (including phenoxy) is 3. The van der Waals surface area contributed by atoms with E-state index in [1.165, 1.54) is 0 Å². The summed E-state index contributed by atoms with van der Waals surface area (Å²) in [6, 6.07) is 14.8. The number of amides is 2. The summed E-state index contributed by atoms with van der Waals surface area (Å²) in [5, 5.41) is 2.72. The lowest BCUT2D eigenvalue weighted by molar-refractivity contribution is -0.134. The van der Waals surface area contributed by atoms with Crippen LogP contribution >= 0.6 is 0 Å². The highest BCUT2D eigenvalue weighted by atomic mass is 16.5. The first kappa shape index (κ1) is 22.4. The number of piperazine rings is 1. The Hall–Kier alpha value is -3.26. The van der Waals surface area contributed by atoms with Crippen LogP contribution < -0.4 is 14.8 Å². The predicted octanol–water partition coefficient (Wildman–Crippen LogP) is 2.27. The van der Waals surface area contributed by atoms with Gasteiger partial charge < -0.3 is 29.3 Å². The molecule has 1 fully saturated rings. The lowest BCUT2D eigenvalue weighted by Crippen LogP contribution is -2.48. The van der Waals surface area contributed by atoms with E-state index in [-0.39, 0.29) is 25.7 Å². The van der Waals surface area contributed by atoms with Crippen LogP contribution in [-0.2, 0) is 22.7 Å². The molecule has 0 bridgehead atoms. The molecule has 1 N–H and O–H groups in total. The van der Waals surface area contributed by atoms with Crippen molar-refractivity contribution in [1.82, 2.24) is 15.1 Å². The van der Waals surface area contributed by atoms with Gasteiger partial charge in [0.1, 0.15) is 6.61 Å². The van der Waals surface area contributed by atoms with E-state index in [0.29, 0.717) is 24.6 Å². The molecule has 0 aromatic heterocycles. The van der Waals surface area contributed by atoms with Gasteiger partial charge in [-0.25, -0.2) is 4.79 Å². The Balaban J connectivity index is 1.50. The monoisotopic (exact) mass is 427 g/mol. The second-order valence-corrected chi connectivity index (χ2v) is 7.37. The van der Waals surface area contributed by atoms with Crippen LogP contribution in [0.1, 0.15) is 11.1 Å². The molecule has 2 aromatic carbocycles. The maximum Gasteiger partial charge on any atom is 0.407 e. The van der Waals surface area contributed by atoms with Gasteiger partial charge in [0.2, 0.25) is 0 Å². The van der Waals surface area contributed by atoms with E-state index in [0.717, 1.165) is 24.2 Å². The largest absolute Gasteiger partial charge is 0.493 e. The van der Waals surface area contributed by atoms with Crippen molar-refractivity contribution in [3.05, 3.63) is 59.7 Å². The summed E-state index contributed by atoms with van der Waals surface area (Å²) in [4.78, 5) is 28.4. The van der Waals surface area contributed by atoms with Crippen LogP contribution in [-0.4, -0.2) is 68.7 Å². The Bertz CT molecular complexity index is 867. The molecule has 1 aliphatic heterocycles. The second-order valence-electron chi connectivity index (χ2n) is 7.37. The number of benzene rings is 2. The minimum Gasteiger partial charge on any atom is -0.493 e. The zero-order valence-corrected chi connectivity index (χ0v) is 18.0. The van der Waals surface area contributed by atoms with Crippen molar-refractivity contribution in [3.63, 3.8) is 0 Å². The lowest BCUT2D eigenvalue weighted by Gasteiger charge is -2.32. The molecule has 1 aliphatic rings. The average molecular weight is 428 g/mol. The molecule has 31 heavy (non-hydrogen) atoms. The fourth-order valence-electron chi connectivity index (χ4n) is 3.18. The third-order valence-electron chi connectivity index (χ3n) is 5.08. The minimum atomic E-state index is -0.507. The van der Waals surface area contributed by atoms with Crippen molar-refractivity contribution in [1.29, 1.82) is 0 Å². The molecule has 8 heteroatoms. The van der Waals surface area contributed by atoms with Crippen molar-refractivity contribution in [2.45, 2.75) is 13.2 Å². The Morgan fingerprint density at radius 3 is 2.42 bits per heavy atom. The van der Waals surface area contributed by atoms with E-state index < -0.39 is 6.09 Å². The van der Waals surface area contributed by atoms with Crippen molar-refractivity contribution < 1.29 is 23.8 Å². The van der Waals surface area contributed by atoms with Gasteiger partial charge in [0.15, 0.2) is 18.1 Å². The van der Waals surface area contributed by atoms with Gasteiger partial charge in [-0.05, 0) is 30.3 Å². The summed E-state index contributed by atoms with van der Waals surface area (Å²) in [6.45, 7) is 3.53. The molecule has 8 nitrogen and oxygen atoms in total. The molecule has 0 aliphatic carbocycles. The molecule has 0 atom stereocenters. The van der Waals surface area contributed by atoms with Gasteiger partial charge in [-0.1, -0.05) is 36.4 Å². The zero-order chi connectivity index (χ0) is 22.1. The standard InChI is InChI=1S/C23H29N3O5/c1-25-10-12-26(13-11-25)22(27)17-30-21-14-19(8-9-20(21)29-2)15-24-23(28)31-16-18-6-4-3-5-7-18/h3-9,14H,10-13,15-17H2,1-2H3,(H,24,28). The molecular weight excluding hydrogens is 398 g/mol. The molecule has 1 heterocycles. The van der Waals surface area contributed by atoms with E-state index in [1.54, 1.807) is 24.1 Å². The minimum absolute atomic E-state index is 0.0526. The van der Waals surface area contributed by atoms with Gasteiger partial charge in [-0.3, -0.25) is 4.79 Å². The molecule has 2 aromatic rings. The summed E-state index contributed by atoms with van der Waals surface area (Å²) >= 11 is 0. The number of methoxy groups -OCH3 is 1. The number of hydrogen-bond donors (Lipinski definition) is 1. The number of hydrogen-bond acceptors (Lipinski definition) is 6. The van der Waals surface area contributed by atoms with Crippen molar-refractivity contribution in [2.24, 2.45) is 0 Å². The fraction of sp³-hybridized carbons (Fsp3) is 0.391. The van der Waals surface area contributed by atoms with Crippen LogP contribution in [0.4, 0.5) is 4.79 Å². The van der Waals surface area contributed by atoms with E-state index in [1.807, 2.05) is 43.4 Å².